The summed E-state index contributed by atoms with van der Waals surface area (Å²) in [6.45, 7) is 1.70. The molecule has 19 heavy (non-hydrogen) atoms. The van der Waals surface area contributed by atoms with Crippen LogP contribution in [0.1, 0.15) is 51.4 Å². The third-order valence-corrected chi connectivity index (χ3v) is 4.34. The van der Waals surface area contributed by atoms with Gasteiger partial charge in [-0.1, -0.05) is 19.3 Å². The number of nitrogens with two attached hydrogens (primary N) is 1. The fraction of sp³-hybridized carbons (Fsp3) is 0.929. The molecule has 112 valence electrons. The van der Waals surface area contributed by atoms with E-state index in [0.717, 1.165) is 19.6 Å². The highest BCUT2D eigenvalue weighted by atomic mass is 127. The van der Waals surface area contributed by atoms with Crippen LogP contribution in [0.3, 0.4) is 0 Å². The first-order valence-corrected chi connectivity index (χ1v) is 7.29. The van der Waals surface area contributed by atoms with Gasteiger partial charge in [-0.15, -0.1) is 24.0 Å². The van der Waals surface area contributed by atoms with Crippen LogP contribution in [-0.2, 0) is 4.74 Å². The highest BCUT2D eigenvalue weighted by Gasteiger charge is 2.41. The number of nitrogens with zero attached hydrogens (tertiary/aromatic N) is 1. The largest absolute Gasteiger partial charge is 0.385 e. The van der Waals surface area contributed by atoms with Crippen molar-refractivity contribution in [1.82, 2.24) is 5.32 Å². The molecular weight excluding hydrogens is 353 g/mol. The lowest BCUT2D eigenvalue weighted by Crippen LogP contribution is -2.41. The van der Waals surface area contributed by atoms with Crippen LogP contribution < -0.4 is 11.1 Å². The lowest BCUT2D eigenvalue weighted by molar-refractivity contribution is 0.174. The normalized spacial score (nSPS) is 22.7. The van der Waals surface area contributed by atoms with Crippen LogP contribution >= 0.6 is 24.0 Å². The standard InChI is InChI=1S/C14H27N3O.HI/c1-18-10-9-14(7-8-14)11-16-13(15)17-12-5-3-2-4-6-12;/h12H,2-11H2,1H3,(H3,15,16,17);1H. The molecule has 0 bridgehead atoms. The highest BCUT2D eigenvalue weighted by molar-refractivity contribution is 14.0. The quantitative estimate of drug-likeness (QED) is 0.423. The number of aliphatic imine (C=N–C) groups is 1. The fourth-order valence-electron chi connectivity index (χ4n) is 2.74. The Morgan fingerprint density at radius 1 is 1.32 bits per heavy atom. The average molecular weight is 381 g/mol. The lowest BCUT2D eigenvalue weighted by Gasteiger charge is -2.23. The first-order chi connectivity index (χ1) is 8.74. The van der Waals surface area contributed by atoms with Crippen LogP contribution in [0.5, 0.6) is 0 Å². The van der Waals surface area contributed by atoms with Crippen molar-refractivity contribution in [3.63, 3.8) is 0 Å². The minimum absolute atomic E-state index is 0. The summed E-state index contributed by atoms with van der Waals surface area (Å²) in [5.41, 5.74) is 6.37. The molecule has 5 heteroatoms. The number of nitrogens with one attached hydrogen (secondary N) is 1. The zero-order valence-electron chi connectivity index (χ0n) is 12.0. The smallest absolute Gasteiger partial charge is 0.188 e. The monoisotopic (exact) mass is 381 g/mol. The Morgan fingerprint density at radius 3 is 2.58 bits per heavy atom. The van der Waals surface area contributed by atoms with Crippen LogP contribution in [0.4, 0.5) is 0 Å². The zero-order valence-corrected chi connectivity index (χ0v) is 14.3. The van der Waals surface area contributed by atoms with Gasteiger partial charge in [-0.25, -0.2) is 0 Å². The second-order valence-electron chi connectivity index (χ2n) is 5.92. The summed E-state index contributed by atoms with van der Waals surface area (Å²) in [6.07, 6.45) is 10.2. The molecule has 4 nitrogen and oxygen atoms in total. The van der Waals surface area contributed by atoms with Gasteiger partial charge in [0.05, 0.1) is 0 Å². The van der Waals surface area contributed by atoms with Gasteiger partial charge >= 0.3 is 0 Å². The first-order valence-electron chi connectivity index (χ1n) is 7.29. The second kappa shape index (κ2) is 8.29. The van der Waals surface area contributed by atoms with Gasteiger partial charge in [-0.2, -0.15) is 0 Å². The van der Waals surface area contributed by atoms with Gasteiger partial charge in [0.15, 0.2) is 5.96 Å². The van der Waals surface area contributed by atoms with E-state index in [1.54, 1.807) is 7.11 Å². The maximum absolute atomic E-state index is 5.98. The van der Waals surface area contributed by atoms with E-state index in [9.17, 15) is 0 Å². The molecule has 0 spiro atoms. The SMILES string of the molecule is COCCC1(CN=C(N)NC2CCCCC2)CC1.I. The predicted molar refractivity (Wildman–Crippen MR) is 90.1 cm³/mol. The van der Waals surface area contributed by atoms with Crippen LogP contribution in [0.2, 0.25) is 0 Å². The summed E-state index contributed by atoms with van der Waals surface area (Å²) in [5, 5.41) is 3.37. The molecule has 0 heterocycles. The van der Waals surface area contributed by atoms with Crippen molar-refractivity contribution in [2.75, 3.05) is 20.3 Å². The van der Waals surface area contributed by atoms with Crippen molar-refractivity contribution in [2.45, 2.75) is 57.4 Å². The predicted octanol–water partition coefficient (Wildman–Crippen LogP) is 2.66. The molecule has 2 fully saturated rings. The Morgan fingerprint density at radius 2 is 2.00 bits per heavy atom. The van der Waals surface area contributed by atoms with Crippen molar-refractivity contribution < 1.29 is 4.74 Å². The second-order valence-corrected chi connectivity index (χ2v) is 5.92. The van der Waals surface area contributed by atoms with Crippen molar-refractivity contribution >= 4 is 29.9 Å². The minimum atomic E-state index is 0. The summed E-state index contributed by atoms with van der Waals surface area (Å²) in [4.78, 5) is 4.53. The molecule has 2 aliphatic carbocycles. The average Bonchev–Trinajstić information content (AvgIpc) is 3.16. The minimum Gasteiger partial charge on any atom is -0.385 e. The molecule has 0 saturated heterocycles. The molecular formula is C14H28IN3O. The van der Waals surface area contributed by atoms with Crippen molar-refractivity contribution in [1.29, 1.82) is 0 Å². The number of halogens is 1. The van der Waals surface area contributed by atoms with E-state index in [2.05, 4.69) is 10.3 Å². The first kappa shape index (κ1) is 17.0. The summed E-state index contributed by atoms with van der Waals surface area (Å²) in [7, 11) is 1.76. The molecule has 2 rings (SSSR count). The molecule has 0 aromatic carbocycles. The van der Waals surface area contributed by atoms with Crippen LogP contribution in [0.15, 0.2) is 4.99 Å². The van der Waals surface area contributed by atoms with Crippen LogP contribution in [0, 0.1) is 5.41 Å². The van der Waals surface area contributed by atoms with Gasteiger partial charge in [-0.3, -0.25) is 4.99 Å². The molecule has 2 saturated carbocycles. The molecule has 0 amide bonds. The number of rotatable bonds is 6. The molecule has 0 unspecified atom stereocenters. The van der Waals surface area contributed by atoms with E-state index in [-0.39, 0.29) is 24.0 Å². The Hall–Kier alpha value is -0.0400. The van der Waals surface area contributed by atoms with Crippen molar-refractivity contribution in [3.8, 4) is 0 Å². The van der Waals surface area contributed by atoms with E-state index in [1.165, 1.54) is 44.9 Å². The Balaban J connectivity index is 0.00000180. The maximum atomic E-state index is 5.98. The van der Waals surface area contributed by atoms with Gasteiger partial charge in [0, 0.05) is 26.3 Å². The van der Waals surface area contributed by atoms with E-state index < -0.39 is 0 Å². The number of hydrogen-bond acceptors (Lipinski definition) is 2. The zero-order chi connectivity index (χ0) is 12.8. The van der Waals surface area contributed by atoms with E-state index in [1.807, 2.05) is 0 Å². The maximum Gasteiger partial charge on any atom is 0.188 e. The molecule has 0 aliphatic heterocycles. The summed E-state index contributed by atoms with van der Waals surface area (Å²) in [6, 6.07) is 0.552. The summed E-state index contributed by atoms with van der Waals surface area (Å²) in [5.74, 6) is 0.644. The lowest BCUT2D eigenvalue weighted by atomic mass is 9.96. The molecule has 0 aromatic rings. The van der Waals surface area contributed by atoms with Crippen molar-refractivity contribution in [2.24, 2.45) is 16.1 Å². The number of ether oxygens (including phenoxy) is 1. The molecule has 0 atom stereocenters. The Labute approximate surface area is 134 Å². The summed E-state index contributed by atoms with van der Waals surface area (Å²) < 4.78 is 5.15. The Kier molecular flexibility index (Phi) is 7.42. The topological polar surface area (TPSA) is 59.6 Å². The van der Waals surface area contributed by atoms with E-state index in [0.29, 0.717) is 17.4 Å². The number of guanidine groups is 1. The van der Waals surface area contributed by atoms with Gasteiger partial charge in [-0.05, 0) is 37.5 Å². The number of methoxy groups -OCH3 is 1. The molecule has 0 radical (unpaired) electrons. The van der Waals surface area contributed by atoms with Gasteiger partial charge in [0.1, 0.15) is 0 Å². The summed E-state index contributed by atoms with van der Waals surface area (Å²) >= 11 is 0. The van der Waals surface area contributed by atoms with Gasteiger partial charge < -0.3 is 15.8 Å². The highest BCUT2D eigenvalue weighted by Crippen LogP contribution is 2.48. The Bertz CT molecular complexity index is 286. The van der Waals surface area contributed by atoms with Crippen LogP contribution in [0.25, 0.3) is 0 Å². The van der Waals surface area contributed by atoms with Crippen LogP contribution in [-0.4, -0.2) is 32.3 Å². The van der Waals surface area contributed by atoms with Crippen molar-refractivity contribution in [3.05, 3.63) is 0 Å². The molecule has 2 aliphatic rings. The van der Waals surface area contributed by atoms with E-state index >= 15 is 0 Å². The van der Waals surface area contributed by atoms with E-state index in [4.69, 9.17) is 10.5 Å². The third kappa shape index (κ3) is 5.85. The fourth-order valence-corrected chi connectivity index (χ4v) is 2.74. The number of hydrogen-bond donors (Lipinski definition) is 2. The third-order valence-electron chi connectivity index (χ3n) is 4.34. The molecule has 3 N–H and O–H groups in total. The van der Waals surface area contributed by atoms with Gasteiger partial charge in [0.2, 0.25) is 0 Å². The molecule has 0 aromatic heterocycles. The van der Waals surface area contributed by atoms with Gasteiger partial charge in [0.25, 0.3) is 0 Å².